The first-order chi connectivity index (χ1) is 11.5. The summed E-state index contributed by atoms with van der Waals surface area (Å²) in [5.41, 5.74) is 1.82. The Morgan fingerprint density at radius 2 is 2.04 bits per heavy atom. The summed E-state index contributed by atoms with van der Waals surface area (Å²) >= 11 is 12.6. The molecule has 2 aromatic carbocycles. The van der Waals surface area contributed by atoms with Crippen LogP contribution in [0.5, 0.6) is 5.75 Å². The van der Waals surface area contributed by atoms with Gasteiger partial charge in [0.2, 0.25) is 0 Å². The van der Waals surface area contributed by atoms with Crippen LogP contribution in [0.1, 0.15) is 11.1 Å². The second-order valence-electron chi connectivity index (χ2n) is 5.19. The van der Waals surface area contributed by atoms with Crippen molar-refractivity contribution in [3.8, 4) is 5.75 Å². The standard InChI is InChI=1S/C18H14ClNO2S2/c1-20-17(21)16(24-18(20)23)10-12-5-4-7-14(9-12)22-11-13-6-2-3-8-15(13)19/h2-10H,11H2,1H3/b16-10-. The maximum atomic E-state index is 12.1. The molecule has 1 heterocycles. The average Bonchev–Trinajstić information content (AvgIpc) is 2.81. The SMILES string of the molecule is CN1C(=O)/C(=C/c2cccc(OCc3ccccc3Cl)c2)SC1=S. The molecule has 1 aliphatic heterocycles. The summed E-state index contributed by atoms with van der Waals surface area (Å²) in [5.74, 6) is 0.642. The van der Waals surface area contributed by atoms with Crippen LogP contribution in [-0.2, 0) is 11.4 Å². The first-order valence-corrected chi connectivity index (χ1v) is 8.83. The summed E-state index contributed by atoms with van der Waals surface area (Å²) in [4.78, 5) is 14.1. The largest absolute Gasteiger partial charge is 0.489 e. The monoisotopic (exact) mass is 375 g/mol. The molecule has 3 nitrogen and oxygen atoms in total. The molecule has 2 aromatic rings. The molecular weight excluding hydrogens is 362 g/mol. The van der Waals surface area contributed by atoms with Crippen LogP contribution in [0.2, 0.25) is 5.02 Å². The third kappa shape index (κ3) is 3.80. The molecule has 24 heavy (non-hydrogen) atoms. The van der Waals surface area contributed by atoms with Crippen LogP contribution in [0, 0.1) is 0 Å². The average molecular weight is 376 g/mol. The van der Waals surface area contributed by atoms with Crippen molar-refractivity contribution in [3.05, 3.63) is 69.6 Å². The molecular formula is C18H14ClNO2S2. The first-order valence-electron chi connectivity index (χ1n) is 7.22. The lowest BCUT2D eigenvalue weighted by Gasteiger charge is -2.08. The molecule has 6 heteroatoms. The van der Waals surface area contributed by atoms with Gasteiger partial charge in [0, 0.05) is 17.6 Å². The quantitative estimate of drug-likeness (QED) is 0.569. The number of carbonyl (C=O) groups excluding carboxylic acids is 1. The predicted octanol–water partition coefficient (Wildman–Crippen LogP) is 4.75. The summed E-state index contributed by atoms with van der Waals surface area (Å²) < 4.78 is 6.37. The van der Waals surface area contributed by atoms with Crippen LogP contribution >= 0.6 is 35.6 Å². The highest BCUT2D eigenvalue weighted by atomic mass is 35.5. The number of benzene rings is 2. The molecule has 1 saturated heterocycles. The minimum absolute atomic E-state index is 0.0765. The summed E-state index contributed by atoms with van der Waals surface area (Å²) in [6, 6.07) is 15.1. The Morgan fingerprint density at radius 1 is 1.25 bits per heavy atom. The maximum Gasteiger partial charge on any atom is 0.265 e. The minimum Gasteiger partial charge on any atom is -0.489 e. The second-order valence-corrected chi connectivity index (χ2v) is 7.28. The predicted molar refractivity (Wildman–Crippen MR) is 103 cm³/mol. The van der Waals surface area contributed by atoms with Crippen molar-refractivity contribution in [2.45, 2.75) is 6.61 Å². The van der Waals surface area contributed by atoms with E-state index in [1.165, 1.54) is 16.7 Å². The molecule has 0 aromatic heterocycles. The number of hydrogen-bond acceptors (Lipinski definition) is 4. The molecule has 0 aliphatic carbocycles. The van der Waals surface area contributed by atoms with Crippen molar-refractivity contribution < 1.29 is 9.53 Å². The third-order valence-corrected chi connectivity index (χ3v) is 5.35. The zero-order valence-corrected chi connectivity index (χ0v) is 15.3. The number of halogens is 1. The van der Waals surface area contributed by atoms with Crippen molar-refractivity contribution in [3.63, 3.8) is 0 Å². The van der Waals surface area contributed by atoms with E-state index in [0.29, 0.717) is 20.9 Å². The van der Waals surface area contributed by atoms with Gasteiger partial charge in [-0.25, -0.2) is 0 Å². The van der Waals surface area contributed by atoms with Gasteiger partial charge in [0.05, 0.1) is 4.91 Å². The zero-order valence-electron chi connectivity index (χ0n) is 12.9. The van der Waals surface area contributed by atoms with Gasteiger partial charge in [0.25, 0.3) is 5.91 Å². The van der Waals surface area contributed by atoms with Crippen LogP contribution in [0.4, 0.5) is 0 Å². The topological polar surface area (TPSA) is 29.5 Å². The number of thioether (sulfide) groups is 1. The second kappa shape index (κ2) is 7.38. The fourth-order valence-corrected chi connectivity index (χ4v) is 3.54. The smallest absolute Gasteiger partial charge is 0.265 e. The van der Waals surface area contributed by atoms with Crippen molar-refractivity contribution in [2.75, 3.05) is 7.05 Å². The Balaban J connectivity index is 1.74. The number of amides is 1. The van der Waals surface area contributed by atoms with E-state index in [9.17, 15) is 4.79 Å². The number of thiocarbonyl (C=S) groups is 1. The molecule has 0 bridgehead atoms. The summed E-state index contributed by atoms with van der Waals surface area (Å²) in [5, 5.41) is 0.681. The van der Waals surface area contributed by atoms with Crippen LogP contribution in [0.25, 0.3) is 6.08 Å². The number of likely N-dealkylation sites (N-methyl/N-ethyl adjacent to an activating group) is 1. The fraction of sp³-hybridized carbons (Fsp3) is 0.111. The Kier molecular flexibility index (Phi) is 5.23. The highest BCUT2D eigenvalue weighted by molar-refractivity contribution is 8.26. The van der Waals surface area contributed by atoms with E-state index in [4.69, 9.17) is 28.6 Å². The van der Waals surface area contributed by atoms with E-state index in [0.717, 1.165) is 16.9 Å². The number of hydrogen-bond donors (Lipinski definition) is 0. The van der Waals surface area contributed by atoms with Gasteiger partial charge >= 0.3 is 0 Å². The van der Waals surface area contributed by atoms with Gasteiger partial charge in [-0.2, -0.15) is 0 Å². The molecule has 0 unspecified atom stereocenters. The normalized spacial score (nSPS) is 16.1. The Labute approximate surface area is 155 Å². The maximum absolute atomic E-state index is 12.1. The number of nitrogens with zero attached hydrogens (tertiary/aromatic N) is 1. The summed E-state index contributed by atoms with van der Waals surface area (Å²) in [7, 11) is 1.68. The molecule has 0 N–H and O–H groups in total. The van der Waals surface area contributed by atoms with E-state index in [-0.39, 0.29) is 5.91 Å². The van der Waals surface area contributed by atoms with Gasteiger partial charge in [0.1, 0.15) is 16.7 Å². The molecule has 0 radical (unpaired) electrons. The van der Waals surface area contributed by atoms with Crippen LogP contribution in [-0.4, -0.2) is 22.2 Å². The van der Waals surface area contributed by atoms with Crippen molar-refractivity contribution in [2.24, 2.45) is 0 Å². The number of carbonyl (C=O) groups is 1. The Bertz CT molecular complexity index is 835. The van der Waals surface area contributed by atoms with Gasteiger partial charge in [-0.1, -0.05) is 65.9 Å². The van der Waals surface area contributed by atoms with E-state index in [1.807, 2.05) is 54.6 Å². The molecule has 1 amide bonds. The zero-order chi connectivity index (χ0) is 17.1. The third-order valence-electron chi connectivity index (χ3n) is 3.49. The van der Waals surface area contributed by atoms with E-state index in [1.54, 1.807) is 7.05 Å². The van der Waals surface area contributed by atoms with E-state index in [2.05, 4.69) is 0 Å². The molecule has 122 valence electrons. The highest BCUT2D eigenvalue weighted by Crippen LogP contribution is 2.31. The molecule has 0 spiro atoms. The fourth-order valence-electron chi connectivity index (χ4n) is 2.17. The molecule has 1 aliphatic rings. The van der Waals surface area contributed by atoms with Gasteiger partial charge < -0.3 is 4.74 Å². The Morgan fingerprint density at radius 3 is 2.75 bits per heavy atom. The number of rotatable bonds is 4. The highest BCUT2D eigenvalue weighted by Gasteiger charge is 2.28. The van der Waals surface area contributed by atoms with Gasteiger partial charge in [0.15, 0.2) is 0 Å². The van der Waals surface area contributed by atoms with Gasteiger partial charge in [-0.3, -0.25) is 9.69 Å². The molecule has 0 atom stereocenters. The van der Waals surface area contributed by atoms with Crippen LogP contribution in [0.15, 0.2) is 53.4 Å². The van der Waals surface area contributed by atoms with Crippen LogP contribution < -0.4 is 4.74 Å². The number of ether oxygens (including phenoxy) is 1. The molecule has 0 saturated carbocycles. The summed E-state index contributed by atoms with van der Waals surface area (Å²) in [6.07, 6.45) is 1.82. The van der Waals surface area contributed by atoms with Crippen molar-refractivity contribution in [1.29, 1.82) is 0 Å². The minimum atomic E-state index is -0.0765. The van der Waals surface area contributed by atoms with E-state index < -0.39 is 0 Å². The lowest BCUT2D eigenvalue weighted by molar-refractivity contribution is -0.121. The van der Waals surface area contributed by atoms with Gasteiger partial charge in [-0.05, 0) is 29.8 Å². The summed E-state index contributed by atoms with van der Waals surface area (Å²) in [6.45, 7) is 0.389. The van der Waals surface area contributed by atoms with Crippen LogP contribution in [0.3, 0.4) is 0 Å². The Hall–Kier alpha value is -1.82. The molecule has 3 rings (SSSR count). The van der Waals surface area contributed by atoms with Crippen molar-refractivity contribution in [1.82, 2.24) is 4.90 Å². The lowest BCUT2D eigenvalue weighted by atomic mass is 10.2. The first kappa shape index (κ1) is 17.0. The lowest BCUT2D eigenvalue weighted by Crippen LogP contribution is -2.22. The molecule has 1 fully saturated rings. The van der Waals surface area contributed by atoms with Crippen molar-refractivity contribution >= 4 is 51.9 Å². The van der Waals surface area contributed by atoms with Gasteiger partial charge in [-0.15, -0.1) is 0 Å². The van der Waals surface area contributed by atoms with E-state index >= 15 is 0 Å².